The zero-order valence-electron chi connectivity index (χ0n) is 17.1. The van der Waals surface area contributed by atoms with Gasteiger partial charge in [-0.05, 0) is 68.5 Å². The maximum absolute atomic E-state index is 12.9. The molecule has 0 saturated carbocycles. The molecule has 3 heterocycles. The molecule has 1 aromatic carbocycles. The summed E-state index contributed by atoms with van der Waals surface area (Å²) < 4.78 is 27.3. The second kappa shape index (κ2) is 8.61. The number of rotatable bonds is 6. The van der Waals surface area contributed by atoms with Gasteiger partial charge in [-0.25, -0.2) is 8.42 Å². The highest BCUT2D eigenvalue weighted by Gasteiger charge is 2.29. The molecule has 1 aromatic heterocycles. The summed E-state index contributed by atoms with van der Waals surface area (Å²) >= 11 is 1.45. The van der Waals surface area contributed by atoms with E-state index in [-0.39, 0.29) is 24.5 Å². The summed E-state index contributed by atoms with van der Waals surface area (Å²) in [5.41, 5.74) is 1.65. The quantitative estimate of drug-likeness (QED) is 0.633. The molecule has 160 valence electrons. The minimum Gasteiger partial charge on any atom is -0.312 e. The third-order valence-electron chi connectivity index (χ3n) is 5.75. The lowest BCUT2D eigenvalue weighted by Crippen LogP contribution is -2.36. The average molecular weight is 447 g/mol. The molecule has 0 N–H and O–H groups in total. The van der Waals surface area contributed by atoms with Crippen LogP contribution in [-0.2, 0) is 21.2 Å². The average Bonchev–Trinajstić information content (AvgIpc) is 3.43. The van der Waals surface area contributed by atoms with E-state index >= 15 is 0 Å². The van der Waals surface area contributed by atoms with Crippen LogP contribution in [0.25, 0.3) is 0 Å². The Kier molecular flexibility index (Phi) is 6.09. The molecule has 0 radical (unpaired) electrons. The highest BCUT2D eigenvalue weighted by molar-refractivity contribution is 7.89. The number of fused-ring (bicyclic) bond motifs is 1. The van der Waals surface area contributed by atoms with Crippen LogP contribution >= 0.6 is 11.3 Å². The van der Waals surface area contributed by atoms with Gasteiger partial charge in [0.2, 0.25) is 15.9 Å². The molecule has 1 fully saturated rings. The molecule has 30 heavy (non-hydrogen) atoms. The highest BCUT2D eigenvalue weighted by atomic mass is 32.2. The minimum atomic E-state index is -3.47. The number of amides is 1. The maximum atomic E-state index is 12.9. The van der Waals surface area contributed by atoms with Crippen LogP contribution in [0.2, 0.25) is 0 Å². The molecule has 2 aliphatic heterocycles. The summed E-state index contributed by atoms with van der Waals surface area (Å²) in [6, 6.07) is 8.80. The van der Waals surface area contributed by atoms with E-state index in [1.54, 1.807) is 27.4 Å². The van der Waals surface area contributed by atoms with Crippen molar-refractivity contribution in [1.82, 2.24) is 4.31 Å². The Morgan fingerprint density at radius 2 is 1.77 bits per heavy atom. The fraction of sp³-hybridized carbons (Fsp3) is 0.455. The lowest BCUT2D eigenvalue weighted by atomic mass is 10.0. The number of sulfonamides is 1. The first-order valence-electron chi connectivity index (χ1n) is 10.4. The van der Waals surface area contributed by atoms with Crippen molar-refractivity contribution in [3.8, 4) is 0 Å². The third-order valence-corrected chi connectivity index (χ3v) is 8.69. The van der Waals surface area contributed by atoms with Gasteiger partial charge in [-0.1, -0.05) is 0 Å². The van der Waals surface area contributed by atoms with Gasteiger partial charge in [-0.15, -0.1) is 11.3 Å². The molecular weight excluding hydrogens is 420 g/mol. The number of hydrogen-bond acceptors (Lipinski definition) is 5. The zero-order chi connectivity index (χ0) is 21.3. The summed E-state index contributed by atoms with van der Waals surface area (Å²) in [5.74, 6) is -0.0986. The van der Waals surface area contributed by atoms with E-state index < -0.39 is 10.0 Å². The number of thiophene rings is 1. The van der Waals surface area contributed by atoms with E-state index in [2.05, 4.69) is 0 Å². The summed E-state index contributed by atoms with van der Waals surface area (Å²) in [7, 11) is -3.47. The molecular formula is C22H26N2O4S2. The van der Waals surface area contributed by atoms with Gasteiger partial charge in [-0.3, -0.25) is 9.59 Å². The van der Waals surface area contributed by atoms with Gasteiger partial charge >= 0.3 is 0 Å². The van der Waals surface area contributed by atoms with E-state index in [4.69, 9.17) is 0 Å². The Hall–Kier alpha value is -2.03. The van der Waals surface area contributed by atoms with Crippen LogP contribution in [0.5, 0.6) is 0 Å². The number of carbonyl (C=O) groups is 2. The first-order chi connectivity index (χ1) is 14.4. The van der Waals surface area contributed by atoms with E-state index in [0.29, 0.717) is 29.4 Å². The second-order valence-electron chi connectivity index (χ2n) is 7.88. The van der Waals surface area contributed by atoms with Crippen molar-refractivity contribution in [2.45, 2.75) is 50.3 Å². The molecule has 0 bridgehead atoms. The molecule has 2 aliphatic rings. The van der Waals surface area contributed by atoms with Crippen molar-refractivity contribution in [3.63, 3.8) is 0 Å². The first kappa shape index (κ1) is 21.2. The smallest absolute Gasteiger partial charge is 0.243 e. The zero-order valence-corrected chi connectivity index (χ0v) is 18.7. The van der Waals surface area contributed by atoms with Gasteiger partial charge in [-0.2, -0.15) is 4.31 Å². The van der Waals surface area contributed by atoms with Crippen molar-refractivity contribution < 1.29 is 18.0 Å². The third kappa shape index (κ3) is 4.22. The standard InChI is InChI=1S/C22H26N2O4S2/c1-16-6-10-21(29-16)20(25)9-11-22(26)24-14-4-5-17-15-18(7-8-19(17)24)30(27,28)23-12-2-3-13-23/h6-8,10,15H,2-5,9,11-14H2,1H3. The predicted octanol–water partition coefficient (Wildman–Crippen LogP) is 3.78. The molecule has 0 aliphatic carbocycles. The molecule has 0 spiro atoms. The lowest BCUT2D eigenvalue weighted by molar-refractivity contribution is -0.118. The van der Waals surface area contributed by atoms with Gasteiger partial charge < -0.3 is 4.90 Å². The Bertz CT molecular complexity index is 1070. The monoisotopic (exact) mass is 446 g/mol. The number of hydrogen-bond donors (Lipinski definition) is 0. The van der Waals surface area contributed by atoms with Crippen LogP contribution in [0.4, 0.5) is 5.69 Å². The van der Waals surface area contributed by atoms with Crippen LogP contribution in [0, 0.1) is 6.92 Å². The minimum absolute atomic E-state index is 0.00858. The van der Waals surface area contributed by atoms with Crippen molar-refractivity contribution in [3.05, 3.63) is 45.6 Å². The van der Waals surface area contributed by atoms with Crippen LogP contribution in [0.1, 0.15) is 52.2 Å². The van der Waals surface area contributed by atoms with Crippen LogP contribution in [0.3, 0.4) is 0 Å². The van der Waals surface area contributed by atoms with Gasteiger partial charge in [0.15, 0.2) is 5.78 Å². The van der Waals surface area contributed by atoms with Gasteiger partial charge in [0.05, 0.1) is 9.77 Å². The van der Waals surface area contributed by atoms with Gasteiger partial charge in [0.25, 0.3) is 0 Å². The van der Waals surface area contributed by atoms with Crippen LogP contribution < -0.4 is 4.90 Å². The fourth-order valence-electron chi connectivity index (χ4n) is 4.13. The molecule has 6 nitrogen and oxygen atoms in total. The van der Waals surface area contributed by atoms with Crippen LogP contribution in [-0.4, -0.2) is 44.0 Å². The first-order valence-corrected chi connectivity index (χ1v) is 12.6. The molecule has 0 atom stereocenters. The molecule has 2 aromatic rings. The summed E-state index contributed by atoms with van der Waals surface area (Å²) in [5, 5.41) is 0. The SMILES string of the molecule is Cc1ccc(C(=O)CCC(=O)N2CCCc3cc(S(=O)(=O)N4CCCC4)ccc32)s1. The van der Waals surface area contributed by atoms with Crippen molar-refractivity contribution >= 4 is 38.7 Å². The largest absolute Gasteiger partial charge is 0.312 e. The Morgan fingerprint density at radius 1 is 1.00 bits per heavy atom. The second-order valence-corrected chi connectivity index (χ2v) is 11.1. The number of benzene rings is 1. The topological polar surface area (TPSA) is 74.8 Å². The van der Waals surface area contributed by atoms with Crippen molar-refractivity contribution in [2.75, 3.05) is 24.5 Å². The summed E-state index contributed by atoms with van der Waals surface area (Å²) in [4.78, 5) is 29.0. The van der Waals surface area contributed by atoms with E-state index in [0.717, 1.165) is 41.8 Å². The normalized spacial score (nSPS) is 17.2. The number of anilines is 1. The Labute approximate surface area is 181 Å². The Balaban J connectivity index is 1.48. The number of nitrogens with zero attached hydrogens (tertiary/aromatic N) is 2. The number of ketones is 1. The van der Waals surface area contributed by atoms with E-state index in [1.807, 2.05) is 19.1 Å². The van der Waals surface area contributed by atoms with Crippen molar-refractivity contribution in [1.29, 1.82) is 0 Å². The number of carbonyl (C=O) groups excluding carboxylic acids is 2. The molecule has 0 unspecified atom stereocenters. The van der Waals surface area contributed by atoms with Gasteiger partial charge in [0, 0.05) is 43.0 Å². The van der Waals surface area contributed by atoms with E-state index in [1.165, 1.54) is 11.3 Å². The number of aryl methyl sites for hydroxylation is 2. The summed E-state index contributed by atoms with van der Waals surface area (Å²) in [6.07, 6.45) is 3.67. The fourth-order valence-corrected chi connectivity index (χ4v) is 6.54. The number of Topliss-reactive ketones (excluding diaryl/α,β-unsaturated/α-hetero) is 1. The summed E-state index contributed by atoms with van der Waals surface area (Å²) in [6.45, 7) is 3.69. The molecule has 1 saturated heterocycles. The Morgan fingerprint density at radius 3 is 2.47 bits per heavy atom. The maximum Gasteiger partial charge on any atom is 0.243 e. The van der Waals surface area contributed by atoms with E-state index in [9.17, 15) is 18.0 Å². The highest BCUT2D eigenvalue weighted by Crippen LogP contribution is 2.32. The molecule has 1 amide bonds. The molecule has 4 rings (SSSR count). The van der Waals surface area contributed by atoms with Crippen LogP contribution in [0.15, 0.2) is 35.2 Å². The predicted molar refractivity (Wildman–Crippen MR) is 118 cm³/mol. The van der Waals surface area contributed by atoms with Gasteiger partial charge in [0.1, 0.15) is 0 Å². The van der Waals surface area contributed by atoms with Crippen molar-refractivity contribution in [2.24, 2.45) is 0 Å². The molecule has 8 heteroatoms. The lowest BCUT2D eigenvalue weighted by Gasteiger charge is -2.30.